The molecule has 0 aliphatic carbocycles. The summed E-state index contributed by atoms with van der Waals surface area (Å²) in [5, 5.41) is 13.6. The van der Waals surface area contributed by atoms with Gasteiger partial charge in [-0.05, 0) is 10.5 Å². The van der Waals surface area contributed by atoms with Crippen LogP contribution in [0.15, 0.2) is 17.5 Å². The SMILES string of the molecule is [N-]=[N+]=NCCn1ccnc1[N+](=O)[O-]. The van der Waals surface area contributed by atoms with Gasteiger partial charge in [-0.2, -0.15) is 0 Å². The van der Waals surface area contributed by atoms with Gasteiger partial charge in [-0.3, -0.25) is 0 Å². The lowest BCUT2D eigenvalue weighted by atomic mass is 10.6. The third kappa shape index (κ3) is 2.17. The van der Waals surface area contributed by atoms with E-state index in [1.165, 1.54) is 17.0 Å². The maximum atomic E-state index is 10.3. The van der Waals surface area contributed by atoms with Gasteiger partial charge in [0, 0.05) is 4.91 Å². The standard InChI is InChI=1S/C5H6N6O2/c6-9-8-2-4-10-3-1-7-5(10)11(12)13/h1,3H,2,4H2. The molecule has 0 atom stereocenters. The largest absolute Gasteiger partial charge is 0.434 e. The second kappa shape index (κ2) is 4.07. The molecule has 0 saturated heterocycles. The van der Waals surface area contributed by atoms with E-state index in [4.69, 9.17) is 5.53 Å². The molecule has 0 radical (unpaired) electrons. The molecule has 0 aliphatic heterocycles. The molecule has 0 unspecified atom stereocenters. The van der Waals surface area contributed by atoms with Crippen molar-refractivity contribution in [2.24, 2.45) is 5.11 Å². The lowest BCUT2D eigenvalue weighted by Gasteiger charge is -1.96. The van der Waals surface area contributed by atoms with Crippen molar-refractivity contribution in [1.82, 2.24) is 9.55 Å². The van der Waals surface area contributed by atoms with E-state index in [1.54, 1.807) is 0 Å². The van der Waals surface area contributed by atoms with E-state index in [0.717, 1.165) is 0 Å². The Hall–Kier alpha value is -2.08. The Morgan fingerprint density at radius 2 is 2.62 bits per heavy atom. The number of hydrogen-bond donors (Lipinski definition) is 0. The fourth-order valence-corrected chi connectivity index (χ4v) is 0.845. The predicted molar refractivity (Wildman–Crippen MR) is 42.9 cm³/mol. The van der Waals surface area contributed by atoms with E-state index >= 15 is 0 Å². The van der Waals surface area contributed by atoms with Gasteiger partial charge in [-0.1, -0.05) is 10.1 Å². The van der Waals surface area contributed by atoms with Crippen LogP contribution in [0.4, 0.5) is 5.95 Å². The molecule has 1 rings (SSSR count). The van der Waals surface area contributed by atoms with Gasteiger partial charge in [-0.25, -0.2) is 4.57 Å². The van der Waals surface area contributed by atoms with Crippen molar-refractivity contribution < 1.29 is 4.92 Å². The van der Waals surface area contributed by atoms with Crippen molar-refractivity contribution >= 4 is 5.95 Å². The van der Waals surface area contributed by atoms with Crippen LogP contribution in [-0.2, 0) is 6.54 Å². The number of aromatic nitrogens is 2. The van der Waals surface area contributed by atoms with E-state index in [1.807, 2.05) is 0 Å². The molecule has 8 nitrogen and oxygen atoms in total. The zero-order chi connectivity index (χ0) is 9.68. The van der Waals surface area contributed by atoms with Gasteiger partial charge in [-0.15, -0.1) is 0 Å². The fraction of sp³-hybridized carbons (Fsp3) is 0.400. The second-order valence-electron chi connectivity index (χ2n) is 2.13. The van der Waals surface area contributed by atoms with E-state index in [0.29, 0.717) is 0 Å². The van der Waals surface area contributed by atoms with Crippen LogP contribution in [0.3, 0.4) is 0 Å². The first-order chi connectivity index (χ1) is 6.25. The third-order valence-electron chi connectivity index (χ3n) is 1.36. The summed E-state index contributed by atoms with van der Waals surface area (Å²) in [6.07, 6.45) is 2.79. The summed E-state index contributed by atoms with van der Waals surface area (Å²) < 4.78 is 1.31. The zero-order valence-corrected chi connectivity index (χ0v) is 6.57. The monoisotopic (exact) mass is 182 g/mol. The summed E-state index contributed by atoms with van der Waals surface area (Å²) >= 11 is 0. The Kier molecular flexibility index (Phi) is 2.82. The van der Waals surface area contributed by atoms with Crippen LogP contribution >= 0.6 is 0 Å². The smallest absolute Gasteiger partial charge is 0.390 e. The van der Waals surface area contributed by atoms with Gasteiger partial charge < -0.3 is 10.1 Å². The van der Waals surface area contributed by atoms with Gasteiger partial charge in [0.05, 0.1) is 13.1 Å². The minimum atomic E-state index is -0.587. The Balaban J connectivity index is 2.70. The summed E-state index contributed by atoms with van der Waals surface area (Å²) in [7, 11) is 0. The highest BCUT2D eigenvalue weighted by atomic mass is 16.6. The number of azide groups is 1. The van der Waals surface area contributed by atoms with Gasteiger partial charge in [0.1, 0.15) is 12.4 Å². The van der Waals surface area contributed by atoms with Gasteiger partial charge >= 0.3 is 5.95 Å². The molecule has 1 aromatic heterocycles. The molecule has 1 heterocycles. The minimum Gasteiger partial charge on any atom is -0.390 e. The van der Waals surface area contributed by atoms with E-state index < -0.39 is 4.92 Å². The molecule has 68 valence electrons. The quantitative estimate of drug-likeness (QED) is 0.228. The van der Waals surface area contributed by atoms with E-state index in [-0.39, 0.29) is 19.0 Å². The Bertz CT molecular complexity index is 352. The molecule has 0 bridgehead atoms. The molecule has 1 aromatic rings. The van der Waals surface area contributed by atoms with Crippen molar-refractivity contribution in [2.75, 3.05) is 6.54 Å². The molecule has 0 fully saturated rings. The van der Waals surface area contributed by atoms with Crippen LogP contribution in [0, 0.1) is 10.1 Å². The molecule has 8 heteroatoms. The average Bonchev–Trinajstić information content (AvgIpc) is 2.53. The first-order valence-electron chi connectivity index (χ1n) is 3.42. The fourth-order valence-electron chi connectivity index (χ4n) is 0.845. The number of nitrogens with zero attached hydrogens (tertiary/aromatic N) is 6. The topological polar surface area (TPSA) is 110 Å². The molecule has 13 heavy (non-hydrogen) atoms. The van der Waals surface area contributed by atoms with Gasteiger partial charge in [0.15, 0.2) is 0 Å². The number of nitro groups is 1. The van der Waals surface area contributed by atoms with Crippen LogP contribution in [0.25, 0.3) is 10.4 Å². The average molecular weight is 182 g/mol. The van der Waals surface area contributed by atoms with Crippen molar-refractivity contribution in [1.29, 1.82) is 0 Å². The first-order valence-corrected chi connectivity index (χ1v) is 3.42. The highest BCUT2D eigenvalue weighted by Crippen LogP contribution is 2.06. The highest BCUT2D eigenvalue weighted by molar-refractivity contribution is 5.06. The summed E-state index contributed by atoms with van der Waals surface area (Å²) in [5.74, 6) is -0.242. The lowest BCUT2D eigenvalue weighted by Crippen LogP contribution is -2.04. The maximum absolute atomic E-state index is 10.3. The van der Waals surface area contributed by atoms with Crippen LogP contribution in [0.5, 0.6) is 0 Å². The molecule has 0 spiro atoms. The third-order valence-corrected chi connectivity index (χ3v) is 1.36. The number of rotatable bonds is 4. The molecule has 0 amide bonds. The summed E-state index contributed by atoms with van der Waals surface area (Å²) in [6, 6.07) is 0. The molecular weight excluding hydrogens is 176 g/mol. The second-order valence-corrected chi connectivity index (χ2v) is 2.13. The Morgan fingerprint density at radius 1 is 1.85 bits per heavy atom. The van der Waals surface area contributed by atoms with Crippen molar-refractivity contribution in [2.45, 2.75) is 6.54 Å². The minimum absolute atomic E-state index is 0.174. The maximum Gasteiger partial charge on any atom is 0.434 e. The summed E-state index contributed by atoms with van der Waals surface area (Å²) in [5.41, 5.74) is 7.97. The van der Waals surface area contributed by atoms with Crippen LogP contribution in [0.1, 0.15) is 0 Å². The Labute approximate surface area is 72.6 Å². The van der Waals surface area contributed by atoms with E-state index in [9.17, 15) is 10.1 Å². The molecule has 0 aliphatic rings. The Morgan fingerprint density at radius 3 is 3.23 bits per heavy atom. The van der Waals surface area contributed by atoms with Crippen molar-refractivity contribution in [3.63, 3.8) is 0 Å². The van der Waals surface area contributed by atoms with Crippen LogP contribution in [-0.4, -0.2) is 21.0 Å². The lowest BCUT2D eigenvalue weighted by molar-refractivity contribution is -0.396. The van der Waals surface area contributed by atoms with Crippen LogP contribution in [0.2, 0.25) is 0 Å². The van der Waals surface area contributed by atoms with Crippen LogP contribution < -0.4 is 0 Å². The molecule has 0 saturated carbocycles. The molecular formula is C5H6N6O2. The van der Waals surface area contributed by atoms with E-state index in [2.05, 4.69) is 15.0 Å². The highest BCUT2D eigenvalue weighted by Gasteiger charge is 2.12. The van der Waals surface area contributed by atoms with Gasteiger partial charge in [0.2, 0.25) is 0 Å². The number of imidazole rings is 1. The summed E-state index contributed by atoms with van der Waals surface area (Å²) in [6.45, 7) is 0.439. The molecule has 0 aromatic carbocycles. The zero-order valence-electron chi connectivity index (χ0n) is 6.57. The first kappa shape index (κ1) is 9.01. The number of hydrogen-bond acceptors (Lipinski definition) is 4. The summed E-state index contributed by atoms with van der Waals surface area (Å²) in [4.78, 5) is 15.8. The van der Waals surface area contributed by atoms with Gasteiger partial charge in [0.25, 0.3) is 0 Å². The molecule has 0 N–H and O–H groups in total. The predicted octanol–water partition coefficient (Wildman–Crippen LogP) is 1.10. The normalized spacial score (nSPS) is 9.23. The van der Waals surface area contributed by atoms with Crippen molar-refractivity contribution in [3.8, 4) is 0 Å². The van der Waals surface area contributed by atoms with Crippen molar-refractivity contribution in [3.05, 3.63) is 33.0 Å².